The summed E-state index contributed by atoms with van der Waals surface area (Å²) in [5, 5.41) is 9.56. The van der Waals surface area contributed by atoms with Crippen molar-refractivity contribution in [3.05, 3.63) is 28.5 Å². The Kier molecular flexibility index (Phi) is 4.90. The van der Waals surface area contributed by atoms with E-state index in [0.717, 1.165) is 12.1 Å². The minimum absolute atomic E-state index is 0.162. The minimum atomic E-state index is -0.549. The molecular formula is C12H17ClN2O2. The van der Waals surface area contributed by atoms with Gasteiger partial charge in [0.2, 0.25) is 0 Å². The van der Waals surface area contributed by atoms with Crippen molar-refractivity contribution in [3.63, 3.8) is 0 Å². The summed E-state index contributed by atoms with van der Waals surface area (Å²) in [6.45, 7) is 3.88. The number of pyridine rings is 1. The molecule has 1 heterocycles. The monoisotopic (exact) mass is 256 g/mol. The third kappa shape index (κ3) is 3.98. The average Bonchev–Trinajstić information content (AvgIpc) is 2.26. The first-order chi connectivity index (χ1) is 7.93. The Balaban J connectivity index is 2.91. The van der Waals surface area contributed by atoms with E-state index in [0.29, 0.717) is 17.3 Å². The molecule has 4 nitrogen and oxygen atoms in total. The van der Waals surface area contributed by atoms with E-state index in [9.17, 15) is 9.90 Å². The number of aliphatic hydroxyl groups is 1. The SMILES string of the molecule is CCc1cc(C(=O)N(C)CC(C)O)cc(Cl)n1. The molecule has 1 rings (SSSR count). The van der Waals surface area contributed by atoms with Crippen molar-refractivity contribution < 1.29 is 9.90 Å². The van der Waals surface area contributed by atoms with Gasteiger partial charge in [0.15, 0.2) is 0 Å². The molecule has 0 aliphatic carbocycles. The van der Waals surface area contributed by atoms with Crippen LogP contribution in [0.3, 0.4) is 0 Å². The standard InChI is InChI=1S/C12H17ClN2O2/c1-4-10-5-9(6-11(13)14-10)12(17)15(3)7-8(2)16/h5-6,8,16H,4,7H2,1-3H3. The zero-order chi connectivity index (χ0) is 13.0. The van der Waals surface area contributed by atoms with Gasteiger partial charge in [-0.3, -0.25) is 4.79 Å². The Hall–Kier alpha value is -1.13. The number of nitrogens with zero attached hydrogens (tertiary/aromatic N) is 2. The maximum Gasteiger partial charge on any atom is 0.253 e. The quantitative estimate of drug-likeness (QED) is 0.835. The van der Waals surface area contributed by atoms with Gasteiger partial charge in [-0.1, -0.05) is 18.5 Å². The van der Waals surface area contributed by atoms with Crippen molar-refractivity contribution >= 4 is 17.5 Å². The van der Waals surface area contributed by atoms with E-state index < -0.39 is 6.10 Å². The number of aryl methyl sites for hydroxylation is 1. The second-order valence-corrected chi connectivity index (χ2v) is 4.45. The number of rotatable bonds is 4. The summed E-state index contributed by atoms with van der Waals surface area (Å²) in [6, 6.07) is 3.27. The zero-order valence-electron chi connectivity index (χ0n) is 10.3. The van der Waals surface area contributed by atoms with Crippen LogP contribution in [-0.4, -0.2) is 40.6 Å². The topological polar surface area (TPSA) is 53.4 Å². The summed E-state index contributed by atoms with van der Waals surface area (Å²) in [6.07, 6.45) is 0.174. The van der Waals surface area contributed by atoms with Gasteiger partial charge in [-0.25, -0.2) is 4.98 Å². The van der Waals surface area contributed by atoms with E-state index >= 15 is 0 Å². The van der Waals surface area contributed by atoms with Gasteiger partial charge in [-0.15, -0.1) is 0 Å². The van der Waals surface area contributed by atoms with E-state index in [2.05, 4.69) is 4.98 Å². The lowest BCUT2D eigenvalue weighted by atomic mass is 10.2. The number of likely N-dealkylation sites (N-methyl/N-ethyl adjacent to an activating group) is 1. The largest absolute Gasteiger partial charge is 0.392 e. The molecule has 0 saturated carbocycles. The van der Waals surface area contributed by atoms with Crippen molar-refractivity contribution in [1.82, 2.24) is 9.88 Å². The first-order valence-corrected chi connectivity index (χ1v) is 5.91. The Bertz CT molecular complexity index is 407. The van der Waals surface area contributed by atoms with Gasteiger partial charge in [-0.2, -0.15) is 0 Å². The van der Waals surface area contributed by atoms with Crippen LogP contribution < -0.4 is 0 Å². The van der Waals surface area contributed by atoms with Crippen molar-refractivity contribution in [3.8, 4) is 0 Å². The van der Waals surface area contributed by atoms with E-state index in [1.165, 1.54) is 4.90 Å². The summed E-state index contributed by atoms with van der Waals surface area (Å²) in [4.78, 5) is 17.6. The molecule has 0 aromatic carbocycles. The number of carbonyl (C=O) groups excluding carboxylic acids is 1. The van der Waals surface area contributed by atoms with Crippen LogP contribution in [0.4, 0.5) is 0 Å². The summed E-state index contributed by atoms with van der Waals surface area (Å²) in [7, 11) is 1.65. The molecule has 1 N–H and O–H groups in total. The summed E-state index contributed by atoms with van der Waals surface area (Å²) in [5.41, 5.74) is 1.29. The van der Waals surface area contributed by atoms with E-state index in [-0.39, 0.29) is 5.91 Å². The summed E-state index contributed by atoms with van der Waals surface area (Å²) in [5.74, 6) is -0.162. The lowest BCUT2D eigenvalue weighted by Gasteiger charge is -2.19. The van der Waals surface area contributed by atoms with Crippen molar-refractivity contribution in [2.24, 2.45) is 0 Å². The molecule has 17 heavy (non-hydrogen) atoms. The first-order valence-electron chi connectivity index (χ1n) is 5.54. The number of carbonyl (C=O) groups is 1. The average molecular weight is 257 g/mol. The predicted molar refractivity (Wildman–Crippen MR) is 67.3 cm³/mol. The second kappa shape index (κ2) is 5.98. The lowest BCUT2D eigenvalue weighted by molar-refractivity contribution is 0.0703. The molecule has 0 radical (unpaired) electrons. The minimum Gasteiger partial charge on any atom is -0.392 e. The number of hydrogen-bond acceptors (Lipinski definition) is 3. The molecule has 94 valence electrons. The molecular weight excluding hydrogens is 240 g/mol. The zero-order valence-corrected chi connectivity index (χ0v) is 11.0. The van der Waals surface area contributed by atoms with Crippen LogP contribution in [0.25, 0.3) is 0 Å². The Morgan fingerprint density at radius 3 is 2.76 bits per heavy atom. The molecule has 5 heteroatoms. The molecule has 0 aliphatic heterocycles. The van der Waals surface area contributed by atoms with Gasteiger partial charge in [0, 0.05) is 24.8 Å². The molecule has 0 saturated heterocycles. The van der Waals surface area contributed by atoms with Gasteiger partial charge in [-0.05, 0) is 25.5 Å². The molecule has 1 aromatic heterocycles. The second-order valence-electron chi connectivity index (χ2n) is 4.06. The Morgan fingerprint density at radius 2 is 2.24 bits per heavy atom. The van der Waals surface area contributed by atoms with Gasteiger partial charge in [0.25, 0.3) is 5.91 Å². The van der Waals surface area contributed by atoms with Crippen LogP contribution in [-0.2, 0) is 6.42 Å². The highest BCUT2D eigenvalue weighted by Crippen LogP contribution is 2.13. The molecule has 1 aromatic rings. The smallest absolute Gasteiger partial charge is 0.253 e. The number of amides is 1. The lowest BCUT2D eigenvalue weighted by Crippen LogP contribution is -2.33. The Labute approximate surface area is 106 Å². The van der Waals surface area contributed by atoms with Crippen LogP contribution in [0.1, 0.15) is 29.9 Å². The Morgan fingerprint density at radius 1 is 1.59 bits per heavy atom. The molecule has 0 fully saturated rings. The predicted octanol–water partition coefficient (Wildman–Crippen LogP) is 1.75. The van der Waals surface area contributed by atoms with E-state index in [1.807, 2.05) is 6.92 Å². The fourth-order valence-corrected chi connectivity index (χ4v) is 1.78. The van der Waals surface area contributed by atoms with Crippen LogP contribution in [0.5, 0.6) is 0 Å². The third-order valence-electron chi connectivity index (χ3n) is 2.34. The first kappa shape index (κ1) is 13.9. The number of halogens is 1. The van der Waals surface area contributed by atoms with Crippen LogP contribution in [0.15, 0.2) is 12.1 Å². The molecule has 1 amide bonds. The van der Waals surface area contributed by atoms with Gasteiger partial charge < -0.3 is 10.0 Å². The van der Waals surface area contributed by atoms with Crippen LogP contribution >= 0.6 is 11.6 Å². The highest BCUT2D eigenvalue weighted by atomic mass is 35.5. The van der Waals surface area contributed by atoms with Crippen molar-refractivity contribution in [2.75, 3.05) is 13.6 Å². The van der Waals surface area contributed by atoms with Gasteiger partial charge in [0.1, 0.15) is 5.15 Å². The van der Waals surface area contributed by atoms with Crippen LogP contribution in [0.2, 0.25) is 5.15 Å². The number of aromatic nitrogens is 1. The fourth-order valence-electron chi connectivity index (χ4n) is 1.56. The van der Waals surface area contributed by atoms with Gasteiger partial charge in [0.05, 0.1) is 6.10 Å². The fraction of sp³-hybridized carbons (Fsp3) is 0.500. The maximum absolute atomic E-state index is 12.0. The molecule has 0 bridgehead atoms. The highest BCUT2D eigenvalue weighted by Gasteiger charge is 2.14. The summed E-state index contributed by atoms with van der Waals surface area (Å²) < 4.78 is 0. The molecule has 1 unspecified atom stereocenters. The van der Waals surface area contributed by atoms with Crippen molar-refractivity contribution in [1.29, 1.82) is 0 Å². The highest BCUT2D eigenvalue weighted by molar-refractivity contribution is 6.29. The normalized spacial score (nSPS) is 12.3. The van der Waals surface area contributed by atoms with Crippen molar-refractivity contribution in [2.45, 2.75) is 26.4 Å². The van der Waals surface area contributed by atoms with Gasteiger partial charge >= 0.3 is 0 Å². The number of aliphatic hydroxyl groups excluding tert-OH is 1. The molecule has 1 atom stereocenters. The molecule has 0 spiro atoms. The summed E-state index contributed by atoms with van der Waals surface area (Å²) >= 11 is 5.85. The maximum atomic E-state index is 12.0. The molecule has 0 aliphatic rings. The number of hydrogen-bond donors (Lipinski definition) is 1. The van der Waals surface area contributed by atoms with E-state index in [1.54, 1.807) is 26.1 Å². The van der Waals surface area contributed by atoms with Crippen LogP contribution in [0, 0.1) is 0 Å². The third-order valence-corrected chi connectivity index (χ3v) is 2.53. The van der Waals surface area contributed by atoms with E-state index in [4.69, 9.17) is 11.6 Å².